The van der Waals surface area contributed by atoms with Crippen molar-refractivity contribution >= 4 is 29.2 Å². The number of rotatable bonds is 7. The van der Waals surface area contributed by atoms with Crippen molar-refractivity contribution in [1.29, 1.82) is 0 Å². The van der Waals surface area contributed by atoms with E-state index in [1.54, 1.807) is 25.1 Å². The van der Waals surface area contributed by atoms with Gasteiger partial charge in [0.25, 0.3) is 0 Å². The number of esters is 1. The zero-order valence-corrected chi connectivity index (χ0v) is 20.7. The van der Waals surface area contributed by atoms with Crippen molar-refractivity contribution in [2.75, 3.05) is 13.2 Å². The summed E-state index contributed by atoms with van der Waals surface area (Å²) in [5.41, 5.74) is 2.29. The summed E-state index contributed by atoms with van der Waals surface area (Å²) in [5.74, 6) is -0.724. The van der Waals surface area contributed by atoms with E-state index in [2.05, 4.69) is 10.2 Å². The maximum atomic E-state index is 14.4. The zero-order valence-electron chi connectivity index (χ0n) is 19.2. The SMILES string of the molecule is CCOC(=O)C[C@H]1O[C@H](c2cccc(OCC)c2C)c2cc(Cl)ccc2-n2c1nnc2C(F)(F)Cl. The molecule has 0 amide bonds. The molecule has 2 aromatic carbocycles. The van der Waals surface area contributed by atoms with E-state index in [9.17, 15) is 13.6 Å². The van der Waals surface area contributed by atoms with Gasteiger partial charge in [-0.1, -0.05) is 23.7 Å². The largest absolute Gasteiger partial charge is 0.494 e. The third-order valence-corrected chi connectivity index (χ3v) is 6.01. The van der Waals surface area contributed by atoms with Gasteiger partial charge >= 0.3 is 11.4 Å². The van der Waals surface area contributed by atoms with Crippen LogP contribution in [0.3, 0.4) is 0 Å². The second-order valence-electron chi connectivity index (χ2n) is 7.84. The first kappa shape index (κ1) is 25.3. The van der Waals surface area contributed by atoms with Gasteiger partial charge in [-0.15, -0.1) is 10.2 Å². The fourth-order valence-corrected chi connectivity index (χ4v) is 4.45. The lowest BCUT2D eigenvalue weighted by Crippen LogP contribution is -2.18. The second-order valence-corrected chi connectivity index (χ2v) is 8.75. The zero-order chi connectivity index (χ0) is 25.3. The van der Waals surface area contributed by atoms with Crippen molar-refractivity contribution < 1.29 is 27.8 Å². The quantitative estimate of drug-likeness (QED) is 0.277. The molecule has 0 saturated heterocycles. The second kappa shape index (κ2) is 10.1. The van der Waals surface area contributed by atoms with Gasteiger partial charge in [0.05, 0.1) is 25.3 Å². The third kappa shape index (κ3) is 4.98. The molecule has 0 bridgehead atoms. The van der Waals surface area contributed by atoms with Crippen molar-refractivity contribution in [1.82, 2.24) is 14.8 Å². The molecule has 0 aliphatic carbocycles. The molecule has 35 heavy (non-hydrogen) atoms. The summed E-state index contributed by atoms with van der Waals surface area (Å²) in [7, 11) is 0. The normalized spacial score (nSPS) is 17.3. The average molecular weight is 526 g/mol. The molecule has 0 fully saturated rings. The number of carbonyl (C=O) groups is 1. The van der Waals surface area contributed by atoms with E-state index >= 15 is 0 Å². The summed E-state index contributed by atoms with van der Waals surface area (Å²) in [4.78, 5) is 12.4. The summed E-state index contributed by atoms with van der Waals surface area (Å²) in [6, 6.07) is 10.2. The van der Waals surface area contributed by atoms with Crippen LogP contribution in [0.25, 0.3) is 5.69 Å². The monoisotopic (exact) mass is 525 g/mol. The van der Waals surface area contributed by atoms with E-state index < -0.39 is 29.4 Å². The number of alkyl halides is 3. The van der Waals surface area contributed by atoms with Gasteiger partial charge in [0, 0.05) is 10.6 Å². The number of hydrogen-bond donors (Lipinski definition) is 0. The third-order valence-electron chi connectivity index (χ3n) is 5.61. The Kier molecular flexibility index (Phi) is 7.30. The Labute approximate surface area is 210 Å². The molecule has 7 nitrogen and oxygen atoms in total. The van der Waals surface area contributed by atoms with E-state index in [0.717, 1.165) is 10.1 Å². The number of hydrogen-bond acceptors (Lipinski definition) is 6. The van der Waals surface area contributed by atoms with E-state index in [4.69, 9.17) is 37.4 Å². The Hall–Kier alpha value is -2.75. The maximum Gasteiger partial charge on any atom is 0.382 e. The molecule has 4 rings (SSSR count). The highest BCUT2D eigenvalue weighted by molar-refractivity contribution is 6.30. The predicted octanol–water partition coefficient (Wildman–Crippen LogP) is 6.03. The number of ether oxygens (including phenoxy) is 3. The highest BCUT2D eigenvalue weighted by Crippen LogP contribution is 2.45. The molecular formula is C24H23Cl2F2N3O4. The fraction of sp³-hybridized carbons (Fsp3) is 0.375. The Balaban J connectivity index is 1.97. The topological polar surface area (TPSA) is 75.5 Å². The summed E-state index contributed by atoms with van der Waals surface area (Å²) in [6.45, 7) is 6.02. The Bertz CT molecular complexity index is 1250. The highest BCUT2D eigenvalue weighted by atomic mass is 35.5. The van der Waals surface area contributed by atoms with Crippen LogP contribution in [0.5, 0.6) is 5.75 Å². The maximum absolute atomic E-state index is 14.4. The number of halogens is 4. The highest BCUT2D eigenvalue weighted by Gasteiger charge is 2.42. The van der Waals surface area contributed by atoms with E-state index in [-0.39, 0.29) is 18.9 Å². The Morgan fingerprint density at radius 2 is 1.94 bits per heavy atom. The van der Waals surface area contributed by atoms with E-state index in [1.165, 1.54) is 0 Å². The molecule has 0 spiro atoms. The molecule has 186 valence electrons. The number of aromatic nitrogens is 3. The number of nitrogens with zero attached hydrogens (tertiary/aromatic N) is 3. The lowest BCUT2D eigenvalue weighted by molar-refractivity contribution is -0.147. The first-order chi connectivity index (χ1) is 16.7. The summed E-state index contributed by atoms with van der Waals surface area (Å²) in [5, 5.41) is 4.13. The van der Waals surface area contributed by atoms with E-state index in [0.29, 0.717) is 34.2 Å². The van der Waals surface area contributed by atoms with E-state index in [1.807, 2.05) is 32.0 Å². The molecule has 2 atom stereocenters. The molecule has 0 saturated carbocycles. The minimum atomic E-state index is -3.83. The van der Waals surface area contributed by atoms with Crippen LogP contribution in [0, 0.1) is 6.92 Å². The molecule has 0 N–H and O–H groups in total. The van der Waals surface area contributed by atoms with Gasteiger partial charge in [-0.05, 0) is 67.8 Å². The molecule has 1 aromatic heterocycles. The standard InChI is InChI=1S/C24H23Cl2F2N3O4/c1-4-33-18-8-6-7-15(13(18)3)21-16-11-14(25)9-10-17(16)31-22(29-30-23(31)24(26,27)28)19(35-21)12-20(32)34-5-2/h6-11,19,21H,4-5,12H2,1-3H3/t19-,21-/m1/s1. The molecule has 0 unspecified atom stereocenters. The van der Waals surface area contributed by atoms with Crippen molar-refractivity contribution in [2.45, 2.75) is 44.8 Å². The number of fused-ring (bicyclic) bond motifs is 3. The van der Waals surface area contributed by atoms with Crippen LogP contribution >= 0.6 is 23.2 Å². The fourth-order valence-electron chi connectivity index (χ4n) is 4.14. The van der Waals surface area contributed by atoms with Crippen LogP contribution in [0.15, 0.2) is 36.4 Å². The first-order valence-corrected chi connectivity index (χ1v) is 11.8. The van der Waals surface area contributed by atoms with Crippen LogP contribution in [-0.4, -0.2) is 33.9 Å². The van der Waals surface area contributed by atoms with Gasteiger partial charge in [-0.2, -0.15) is 8.78 Å². The molecule has 2 heterocycles. The Morgan fingerprint density at radius 3 is 2.63 bits per heavy atom. The van der Waals surface area contributed by atoms with Crippen LogP contribution in [0.2, 0.25) is 5.02 Å². The molecule has 3 aromatic rings. The minimum Gasteiger partial charge on any atom is -0.494 e. The van der Waals surface area contributed by atoms with Gasteiger partial charge in [-0.25, -0.2) is 0 Å². The van der Waals surface area contributed by atoms with Gasteiger partial charge in [0.2, 0.25) is 5.82 Å². The minimum absolute atomic E-state index is 0.00179. The average Bonchev–Trinajstić information content (AvgIpc) is 3.20. The van der Waals surface area contributed by atoms with Gasteiger partial charge in [-0.3, -0.25) is 9.36 Å². The number of benzene rings is 2. The smallest absolute Gasteiger partial charge is 0.382 e. The van der Waals surface area contributed by atoms with Crippen LogP contribution < -0.4 is 4.74 Å². The molecule has 0 radical (unpaired) electrons. The lowest BCUT2D eigenvalue weighted by atomic mass is 9.95. The summed E-state index contributed by atoms with van der Waals surface area (Å²) >= 11 is 11.7. The van der Waals surface area contributed by atoms with Crippen molar-refractivity contribution in [3.63, 3.8) is 0 Å². The first-order valence-electron chi connectivity index (χ1n) is 11.0. The van der Waals surface area contributed by atoms with Crippen LogP contribution in [0.4, 0.5) is 8.78 Å². The van der Waals surface area contributed by atoms with Crippen LogP contribution in [0.1, 0.15) is 60.8 Å². The Morgan fingerprint density at radius 1 is 1.17 bits per heavy atom. The lowest BCUT2D eigenvalue weighted by Gasteiger charge is -2.24. The van der Waals surface area contributed by atoms with Gasteiger partial charge in [0.15, 0.2) is 5.82 Å². The number of carbonyl (C=O) groups excluding carboxylic acids is 1. The summed E-state index contributed by atoms with van der Waals surface area (Å²) < 4.78 is 47.2. The summed E-state index contributed by atoms with van der Waals surface area (Å²) in [6.07, 6.45) is -2.15. The van der Waals surface area contributed by atoms with Gasteiger partial charge in [0.1, 0.15) is 18.0 Å². The molecular weight excluding hydrogens is 503 g/mol. The van der Waals surface area contributed by atoms with Gasteiger partial charge < -0.3 is 14.2 Å². The van der Waals surface area contributed by atoms with Crippen molar-refractivity contribution in [2.24, 2.45) is 0 Å². The predicted molar refractivity (Wildman–Crippen MR) is 125 cm³/mol. The molecule has 1 aliphatic heterocycles. The van der Waals surface area contributed by atoms with Crippen LogP contribution in [-0.2, 0) is 19.6 Å². The van der Waals surface area contributed by atoms with Crippen molar-refractivity contribution in [3.8, 4) is 11.4 Å². The van der Waals surface area contributed by atoms with Crippen molar-refractivity contribution in [3.05, 3.63) is 69.8 Å². The molecule has 11 heteroatoms. The molecule has 1 aliphatic rings.